The van der Waals surface area contributed by atoms with Gasteiger partial charge in [-0.2, -0.15) is 10.2 Å². The number of hydrogen-bond acceptors (Lipinski definition) is 5. The molecule has 0 aliphatic carbocycles. The van der Waals surface area contributed by atoms with Crippen LogP contribution in [0.1, 0.15) is 33.0 Å². The average Bonchev–Trinajstić information content (AvgIpc) is 3.25. The van der Waals surface area contributed by atoms with Crippen molar-refractivity contribution in [1.82, 2.24) is 10.9 Å². The average molecular weight is 410 g/mol. The third-order valence-electron chi connectivity index (χ3n) is 5.09. The number of carbonyl (C=O) groups is 2. The number of aryl methyl sites for hydroxylation is 1. The van der Waals surface area contributed by atoms with E-state index in [1.807, 2.05) is 67.6 Å². The van der Waals surface area contributed by atoms with E-state index in [9.17, 15) is 9.59 Å². The smallest absolute Gasteiger partial charge is 0.265 e. The lowest BCUT2D eigenvalue weighted by atomic mass is 9.84. The van der Waals surface area contributed by atoms with Crippen LogP contribution in [0.3, 0.4) is 0 Å². The van der Waals surface area contributed by atoms with Crippen LogP contribution in [0.4, 0.5) is 0 Å². The quantitative estimate of drug-likeness (QED) is 0.371. The lowest BCUT2D eigenvalue weighted by molar-refractivity contribution is -0.123. The third-order valence-corrected chi connectivity index (χ3v) is 5.09. The molecule has 0 saturated heterocycles. The number of amides is 1. The molecule has 0 saturated carbocycles. The first-order valence-electron chi connectivity index (χ1n) is 10.0. The highest BCUT2D eigenvalue weighted by atomic mass is 16.2. The Kier molecular flexibility index (Phi) is 5.98. The number of nitrogens with zero attached hydrogens (tertiary/aromatic N) is 2. The van der Waals surface area contributed by atoms with Gasteiger partial charge in [0.1, 0.15) is 11.8 Å². The number of hydrogen-bond donors (Lipinski definition) is 2. The number of benzene rings is 3. The molecule has 1 amide bonds. The van der Waals surface area contributed by atoms with Gasteiger partial charge in [0.15, 0.2) is 0 Å². The van der Waals surface area contributed by atoms with Crippen molar-refractivity contribution in [3.8, 4) is 0 Å². The molecule has 1 aliphatic heterocycles. The van der Waals surface area contributed by atoms with E-state index < -0.39 is 12.0 Å². The predicted octanol–water partition coefficient (Wildman–Crippen LogP) is 3.44. The Balaban J connectivity index is 1.59. The first-order valence-corrected chi connectivity index (χ1v) is 10.0. The van der Waals surface area contributed by atoms with Crippen molar-refractivity contribution in [2.24, 2.45) is 10.2 Å². The second-order valence-electron chi connectivity index (χ2n) is 7.34. The van der Waals surface area contributed by atoms with Gasteiger partial charge in [0.05, 0.1) is 12.1 Å². The SMILES string of the molecule is Cc1cccc(C2C(C(=O)c3ccccc3)=NNC2C(=O)N/N=C/c2ccccc2)c1. The monoisotopic (exact) mass is 410 g/mol. The summed E-state index contributed by atoms with van der Waals surface area (Å²) < 4.78 is 0. The maximum atomic E-state index is 13.2. The van der Waals surface area contributed by atoms with Gasteiger partial charge in [-0.05, 0) is 18.1 Å². The largest absolute Gasteiger partial charge is 0.296 e. The highest BCUT2D eigenvalue weighted by molar-refractivity contribution is 6.48. The van der Waals surface area contributed by atoms with E-state index in [4.69, 9.17) is 0 Å². The number of carbonyl (C=O) groups excluding carboxylic acids is 2. The zero-order valence-electron chi connectivity index (χ0n) is 17.0. The summed E-state index contributed by atoms with van der Waals surface area (Å²) in [7, 11) is 0. The van der Waals surface area contributed by atoms with Crippen LogP contribution in [0.5, 0.6) is 0 Å². The normalized spacial score (nSPS) is 17.8. The summed E-state index contributed by atoms with van der Waals surface area (Å²) in [6.07, 6.45) is 1.57. The molecule has 0 bridgehead atoms. The topological polar surface area (TPSA) is 82.9 Å². The summed E-state index contributed by atoms with van der Waals surface area (Å²) in [5, 5.41) is 8.33. The van der Waals surface area contributed by atoms with Gasteiger partial charge in [0, 0.05) is 5.56 Å². The molecule has 31 heavy (non-hydrogen) atoms. The van der Waals surface area contributed by atoms with Crippen LogP contribution in [0.25, 0.3) is 0 Å². The summed E-state index contributed by atoms with van der Waals surface area (Å²) >= 11 is 0. The molecule has 2 unspecified atom stereocenters. The second kappa shape index (κ2) is 9.17. The Labute approximate surface area is 180 Å². The van der Waals surface area contributed by atoms with Gasteiger partial charge in [0.25, 0.3) is 5.91 Å². The number of nitrogens with one attached hydrogen (secondary N) is 2. The molecule has 0 spiro atoms. The summed E-state index contributed by atoms with van der Waals surface area (Å²) in [4.78, 5) is 26.1. The van der Waals surface area contributed by atoms with E-state index in [1.54, 1.807) is 30.5 Å². The molecular formula is C25H22N4O2. The minimum atomic E-state index is -0.752. The first kappa shape index (κ1) is 20.2. The number of rotatable bonds is 6. The number of hydrazone groups is 2. The first-order chi connectivity index (χ1) is 15.1. The Morgan fingerprint density at radius 1 is 0.968 bits per heavy atom. The van der Waals surface area contributed by atoms with Crippen LogP contribution in [0, 0.1) is 6.92 Å². The molecule has 1 heterocycles. The molecule has 0 aromatic heterocycles. The van der Waals surface area contributed by atoms with Crippen LogP contribution in [0.15, 0.2) is 95.1 Å². The highest BCUT2D eigenvalue weighted by Gasteiger charge is 2.41. The van der Waals surface area contributed by atoms with Crippen molar-refractivity contribution in [2.45, 2.75) is 18.9 Å². The van der Waals surface area contributed by atoms with Gasteiger partial charge in [-0.3, -0.25) is 15.0 Å². The van der Waals surface area contributed by atoms with Gasteiger partial charge in [-0.15, -0.1) is 0 Å². The van der Waals surface area contributed by atoms with Gasteiger partial charge >= 0.3 is 0 Å². The molecule has 3 aromatic carbocycles. The standard InChI is InChI=1S/C25H22N4O2/c1-17-9-8-14-20(15-17)21-22(24(30)19-12-6-3-7-13-19)27-28-23(21)25(31)29-26-16-18-10-4-2-5-11-18/h2-16,21,23,28H,1H3,(H,29,31)/b26-16+. The molecule has 3 aromatic rings. The minimum absolute atomic E-state index is 0.206. The number of ketones is 1. The van der Waals surface area contributed by atoms with Crippen molar-refractivity contribution in [3.63, 3.8) is 0 Å². The van der Waals surface area contributed by atoms with Gasteiger partial charge < -0.3 is 0 Å². The fraction of sp³-hybridized carbons (Fsp3) is 0.120. The van der Waals surface area contributed by atoms with E-state index in [2.05, 4.69) is 21.1 Å². The summed E-state index contributed by atoms with van der Waals surface area (Å²) in [5.74, 6) is -1.10. The van der Waals surface area contributed by atoms with Gasteiger partial charge in [0.2, 0.25) is 5.78 Å². The van der Waals surface area contributed by atoms with Gasteiger partial charge in [-0.1, -0.05) is 90.5 Å². The van der Waals surface area contributed by atoms with Crippen molar-refractivity contribution in [2.75, 3.05) is 0 Å². The molecule has 6 nitrogen and oxygen atoms in total. The zero-order chi connectivity index (χ0) is 21.6. The lowest BCUT2D eigenvalue weighted by Crippen LogP contribution is -2.43. The second-order valence-corrected chi connectivity index (χ2v) is 7.34. The fourth-order valence-electron chi connectivity index (χ4n) is 3.57. The molecule has 6 heteroatoms. The summed E-state index contributed by atoms with van der Waals surface area (Å²) in [5.41, 5.74) is 9.02. The molecule has 0 fully saturated rings. The molecule has 4 rings (SSSR count). The Morgan fingerprint density at radius 2 is 1.68 bits per heavy atom. The summed E-state index contributed by atoms with van der Waals surface area (Å²) in [6, 6.07) is 25.4. The molecule has 154 valence electrons. The van der Waals surface area contributed by atoms with Crippen molar-refractivity contribution >= 4 is 23.6 Å². The van der Waals surface area contributed by atoms with Crippen molar-refractivity contribution in [1.29, 1.82) is 0 Å². The highest BCUT2D eigenvalue weighted by Crippen LogP contribution is 2.28. The van der Waals surface area contributed by atoms with Crippen LogP contribution < -0.4 is 10.9 Å². The Bertz CT molecular complexity index is 1140. The third kappa shape index (κ3) is 4.59. The molecule has 2 N–H and O–H groups in total. The van der Waals surface area contributed by atoms with Crippen LogP contribution in [-0.4, -0.2) is 29.7 Å². The van der Waals surface area contributed by atoms with Crippen LogP contribution >= 0.6 is 0 Å². The van der Waals surface area contributed by atoms with E-state index in [-0.39, 0.29) is 11.7 Å². The Morgan fingerprint density at radius 3 is 2.39 bits per heavy atom. The van der Waals surface area contributed by atoms with Crippen LogP contribution in [-0.2, 0) is 4.79 Å². The zero-order valence-corrected chi connectivity index (χ0v) is 17.0. The molecule has 2 atom stereocenters. The fourth-order valence-corrected chi connectivity index (χ4v) is 3.57. The van der Waals surface area contributed by atoms with Crippen LogP contribution in [0.2, 0.25) is 0 Å². The predicted molar refractivity (Wildman–Crippen MR) is 121 cm³/mol. The van der Waals surface area contributed by atoms with E-state index >= 15 is 0 Å². The number of Topliss-reactive ketones (excluding diaryl/α,β-unsaturated/α-hetero) is 1. The Hall–Kier alpha value is -4.06. The van der Waals surface area contributed by atoms with E-state index in [0.29, 0.717) is 11.3 Å². The minimum Gasteiger partial charge on any atom is -0.296 e. The van der Waals surface area contributed by atoms with Gasteiger partial charge in [-0.25, -0.2) is 5.43 Å². The maximum Gasteiger partial charge on any atom is 0.265 e. The lowest BCUT2D eigenvalue weighted by Gasteiger charge is -2.19. The molecule has 1 aliphatic rings. The van der Waals surface area contributed by atoms with E-state index in [1.165, 1.54) is 0 Å². The van der Waals surface area contributed by atoms with Crippen molar-refractivity contribution < 1.29 is 9.59 Å². The molecule has 0 radical (unpaired) electrons. The van der Waals surface area contributed by atoms with E-state index in [0.717, 1.165) is 16.7 Å². The summed E-state index contributed by atoms with van der Waals surface area (Å²) in [6.45, 7) is 1.97. The van der Waals surface area contributed by atoms with Crippen molar-refractivity contribution in [3.05, 3.63) is 107 Å². The molecular weight excluding hydrogens is 388 g/mol. The maximum absolute atomic E-state index is 13.2.